The molecule has 1 atom stereocenters. The first-order valence-corrected chi connectivity index (χ1v) is 7.27. The van der Waals surface area contributed by atoms with E-state index < -0.39 is 5.82 Å². The van der Waals surface area contributed by atoms with Crippen LogP contribution in [0.15, 0.2) is 22.0 Å². The molecule has 1 N–H and O–H groups in total. The third-order valence-electron chi connectivity index (χ3n) is 2.58. The normalized spacial score (nSPS) is 11.9. The van der Waals surface area contributed by atoms with Crippen molar-refractivity contribution in [2.75, 3.05) is 5.32 Å². The fourth-order valence-corrected chi connectivity index (χ4v) is 2.85. The second-order valence-corrected chi connectivity index (χ2v) is 5.78. The lowest BCUT2D eigenvalue weighted by Crippen LogP contribution is -2.08. The molecule has 0 amide bonds. The molecule has 0 aliphatic heterocycles. The van der Waals surface area contributed by atoms with Crippen molar-refractivity contribution in [2.45, 2.75) is 19.9 Å². The Morgan fingerprint density at radius 3 is 2.84 bits per heavy atom. The zero-order valence-corrected chi connectivity index (χ0v) is 12.8. The van der Waals surface area contributed by atoms with Gasteiger partial charge >= 0.3 is 0 Å². The van der Waals surface area contributed by atoms with Crippen molar-refractivity contribution in [3.63, 3.8) is 0 Å². The van der Waals surface area contributed by atoms with Crippen molar-refractivity contribution in [1.29, 1.82) is 5.26 Å². The molecule has 0 bridgehead atoms. The Hall–Kier alpha value is -1.45. The van der Waals surface area contributed by atoms with Gasteiger partial charge in [-0.25, -0.2) is 9.37 Å². The third-order valence-corrected chi connectivity index (χ3v) is 4.50. The first-order chi connectivity index (χ1) is 9.02. The zero-order chi connectivity index (χ0) is 14.0. The third kappa shape index (κ3) is 2.94. The molecule has 1 aromatic heterocycles. The summed E-state index contributed by atoms with van der Waals surface area (Å²) < 4.78 is 14.2. The minimum absolute atomic E-state index is 0.0898. The van der Waals surface area contributed by atoms with E-state index in [4.69, 9.17) is 5.26 Å². The number of anilines is 1. The first kappa shape index (κ1) is 14.0. The Bertz CT molecular complexity index is 648. The van der Waals surface area contributed by atoms with Gasteiger partial charge in [-0.15, -0.1) is 11.3 Å². The van der Waals surface area contributed by atoms with Gasteiger partial charge in [0.2, 0.25) is 0 Å². The molecule has 0 aliphatic rings. The van der Waals surface area contributed by atoms with Crippen LogP contribution in [0.1, 0.15) is 29.2 Å². The van der Waals surface area contributed by atoms with Crippen molar-refractivity contribution in [1.82, 2.24) is 4.98 Å². The van der Waals surface area contributed by atoms with E-state index in [1.807, 2.05) is 25.3 Å². The van der Waals surface area contributed by atoms with Gasteiger partial charge in [0.05, 0.1) is 21.8 Å². The van der Waals surface area contributed by atoms with E-state index in [1.165, 1.54) is 11.3 Å². The van der Waals surface area contributed by atoms with Gasteiger partial charge in [-0.2, -0.15) is 5.26 Å². The van der Waals surface area contributed by atoms with E-state index in [0.717, 1.165) is 10.7 Å². The van der Waals surface area contributed by atoms with Gasteiger partial charge in [0.15, 0.2) is 5.82 Å². The fourth-order valence-electron chi connectivity index (χ4n) is 1.61. The Morgan fingerprint density at radius 1 is 1.53 bits per heavy atom. The molecule has 1 heterocycles. The van der Waals surface area contributed by atoms with E-state index in [9.17, 15) is 4.39 Å². The standard InChI is InChI=1S/C13H11BrFN3S/c1-7-6-19-13(17-7)8(2)18-10-4-3-9(5-16)11(14)12(10)15/h3-4,6,8,18H,1-2H3. The number of nitrogens with zero attached hydrogens (tertiary/aromatic N) is 2. The number of benzene rings is 1. The molecule has 0 saturated heterocycles. The molecule has 3 nitrogen and oxygen atoms in total. The van der Waals surface area contributed by atoms with Gasteiger partial charge in [0.25, 0.3) is 0 Å². The van der Waals surface area contributed by atoms with Gasteiger partial charge in [0, 0.05) is 11.1 Å². The van der Waals surface area contributed by atoms with Crippen LogP contribution < -0.4 is 5.32 Å². The molecule has 1 unspecified atom stereocenters. The van der Waals surface area contributed by atoms with Crippen LogP contribution in [0.2, 0.25) is 0 Å². The lowest BCUT2D eigenvalue weighted by Gasteiger charge is -2.14. The highest BCUT2D eigenvalue weighted by Gasteiger charge is 2.15. The average Bonchev–Trinajstić information content (AvgIpc) is 2.82. The van der Waals surface area contributed by atoms with Crippen LogP contribution in [0.25, 0.3) is 0 Å². The summed E-state index contributed by atoms with van der Waals surface area (Å²) in [6.45, 7) is 3.84. The monoisotopic (exact) mass is 339 g/mol. The van der Waals surface area contributed by atoms with Gasteiger partial charge in [-0.3, -0.25) is 0 Å². The minimum Gasteiger partial charge on any atom is -0.374 e. The highest BCUT2D eigenvalue weighted by atomic mass is 79.9. The first-order valence-electron chi connectivity index (χ1n) is 5.59. The maximum Gasteiger partial charge on any atom is 0.161 e. The number of aromatic nitrogens is 1. The van der Waals surface area contributed by atoms with Crippen LogP contribution in [-0.2, 0) is 0 Å². The Kier molecular flexibility index (Phi) is 4.17. The Morgan fingerprint density at radius 2 is 2.26 bits per heavy atom. The number of rotatable bonds is 3. The molecule has 0 aliphatic carbocycles. The molecule has 0 spiro atoms. The number of hydrogen-bond donors (Lipinski definition) is 1. The van der Waals surface area contributed by atoms with Gasteiger partial charge in [-0.1, -0.05) is 0 Å². The van der Waals surface area contributed by atoms with Crippen molar-refractivity contribution < 1.29 is 4.39 Å². The van der Waals surface area contributed by atoms with Crippen LogP contribution >= 0.6 is 27.3 Å². The minimum atomic E-state index is -0.459. The lowest BCUT2D eigenvalue weighted by atomic mass is 10.2. The predicted octanol–water partition coefficient (Wildman–Crippen LogP) is 4.40. The van der Waals surface area contributed by atoms with Crippen LogP contribution in [0.3, 0.4) is 0 Å². The maximum atomic E-state index is 14.1. The second-order valence-electron chi connectivity index (χ2n) is 4.09. The van der Waals surface area contributed by atoms with Gasteiger partial charge in [0.1, 0.15) is 11.1 Å². The highest BCUT2D eigenvalue weighted by molar-refractivity contribution is 9.10. The molecule has 0 fully saturated rings. The van der Waals surface area contributed by atoms with Crippen molar-refractivity contribution >= 4 is 33.0 Å². The average molecular weight is 340 g/mol. The molecule has 6 heteroatoms. The van der Waals surface area contributed by atoms with Crippen molar-refractivity contribution in [2.24, 2.45) is 0 Å². The SMILES string of the molecule is Cc1csc(C(C)Nc2ccc(C#N)c(Br)c2F)n1. The molecule has 2 aromatic rings. The van der Waals surface area contributed by atoms with Gasteiger partial charge in [-0.05, 0) is 41.9 Å². The fraction of sp³-hybridized carbons (Fsp3) is 0.231. The van der Waals surface area contributed by atoms with E-state index in [-0.39, 0.29) is 16.1 Å². The number of thiazole rings is 1. The maximum absolute atomic E-state index is 14.1. The van der Waals surface area contributed by atoms with E-state index in [1.54, 1.807) is 12.1 Å². The molecule has 19 heavy (non-hydrogen) atoms. The summed E-state index contributed by atoms with van der Waals surface area (Å²) in [6, 6.07) is 4.98. The number of aryl methyl sites for hydroxylation is 1. The molecule has 0 saturated carbocycles. The Labute approximate surface area is 123 Å². The summed E-state index contributed by atoms with van der Waals surface area (Å²) in [7, 11) is 0. The number of halogens is 2. The summed E-state index contributed by atoms with van der Waals surface area (Å²) >= 11 is 4.63. The van der Waals surface area contributed by atoms with E-state index >= 15 is 0 Å². The molecule has 2 rings (SSSR count). The largest absolute Gasteiger partial charge is 0.374 e. The van der Waals surface area contributed by atoms with Crippen LogP contribution in [0.5, 0.6) is 0 Å². The van der Waals surface area contributed by atoms with Crippen LogP contribution in [-0.4, -0.2) is 4.98 Å². The van der Waals surface area contributed by atoms with Crippen molar-refractivity contribution in [3.05, 3.63) is 44.1 Å². The van der Waals surface area contributed by atoms with E-state index in [2.05, 4.69) is 26.2 Å². The summed E-state index contributed by atoms with van der Waals surface area (Å²) in [4.78, 5) is 4.36. The predicted molar refractivity (Wildman–Crippen MR) is 77.7 cm³/mol. The lowest BCUT2D eigenvalue weighted by molar-refractivity contribution is 0.620. The summed E-state index contributed by atoms with van der Waals surface area (Å²) in [5, 5.41) is 14.7. The summed E-state index contributed by atoms with van der Waals surface area (Å²) in [5.74, 6) is -0.459. The molecule has 98 valence electrons. The second kappa shape index (κ2) is 5.68. The van der Waals surface area contributed by atoms with Crippen LogP contribution in [0, 0.1) is 24.1 Å². The van der Waals surface area contributed by atoms with Crippen molar-refractivity contribution in [3.8, 4) is 6.07 Å². The highest BCUT2D eigenvalue weighted by Crippen LogP contribution is 2.29. The van der Waals surface area contributed by atoms with E-state index in [0.29, 0.717) is 5.69 Å². The smallest absolute Gasteiger partial charge is 0.161 e. The number of hydrogen-bond acceptors (Lipinski definition) is 4. The van der Waals surface area contributed by atoms with Crippen LogP contribution in [0.4, 0.5) is 10.1 Å². The molecule has 0 radical (unpaired) electrons. The topological polar surface area (TPSA) is 48.7 Å². The summed E-state index contributed by atoms with van der Waals surface area (Å²) in [5.41, 5.74) is 1.59. The molecular formula is C13H11BrFN3S. The summed E-state index contributed by atoms with van der Waals surface area (Å²) in [6.07, 6.45) is 0. The Balaban J connectivity index is 2.25. The quantitative estimate of drug-likeness (QED) is 0.901. The zero-order valence-electron chi connectivity index (χ0n) is 10.4. The number of nitrogens with one attached hydrogen (secondary N) is 1. The molecule has 1 aromatic carbocycles. The number of nitriles is 1. The molecular weight excluding hydrogens is 329 g/mol. The van der Waals surface area contributed by atoms with Gasteiger partial charge < -0.3 is 5.32 Å².